The van der Waals surface area contributed by atoms with Gasteiger partial charge in [-0.05, 0) is 34.7 Å². The first-order chi connectivity index (χ1) is 21.2. The molecule has 1 aliphatic heterocycles. The third-order valence-corrected chi connectivity index (χ3v) is 7.35. The zero-order chi connectivity index (χ0) is 32.6. The van der Waals surface area contributed by atoms with E-state index < -0.39 is 71.2 Å². The molecule has 0 saturated carbocycles. The second-order valence-corrected chi connectivity index (χ2v) is 10.3. The fraction of sp³-hybridized carbons (Fsp3) is 0.370. The number of alkyl halides is 5. The number of halogens is 8. The van der Waals surface area contributed by atoms with Crippen LogP contribution in [0, 0.1) is 17.5 Å². The number of tetrazole rings is 1. The maximum atomic E-state index is 16.0. The minimum atomic E-state index is -4.71. The van der Waals surface area contributed by atoms with Crippen LogP contribution in [0.25, 0.3) is 0 Å². The highest BCUT2D eigenvalue weighted by Gasteiger charge is 2.58. The number of piperazine rings is 1. The van der Waals surface area contributed by atoms with E-state index in [1.165, 1.54) is 6.07 Å². The molecule has 1 aliphatic rings. The number of aromatic nitrogens is 6. The van der Waals surface area contributed by atoms with Crippen LogP contribution in [0.3, 0.4) is 0 Å². The molecule has 0 spiro atoms. The SMILES string of the molecule is OC(CC(F)(F)F)c1ncc(N2CCN(c3ccc(C(F)(F)[C@](O)(Cn4cnnn4)c4ccc(F)cc4F)nc3)CC2)cc1F. The van der Waals surface area contributed by atoms with Gasteiger partial charge < -0.3 is 20.0 Å². The van der Waals surface area contributed by atoms with Crippen molar-refractivity contribution in [1.82, 2.24) is 30.2 Å². The molecule has 4 aromatic rings. The Balaban J connectivity index is 1.30. The molecule has 18 heteroatoms. The molecule has 2 atom stereocenters. The van der Waals surface area contributed by atoms with Crippen molar-refractivity contribution in [3.05, 3.63) is 89.5 Å². The second-order valence-electron chi connectivity index (χ2n) is 10.3. The molecule has 3 aromatic heterocycles. The Morgan fingerprint density at radius 2 is 1.49 bits per heavy atom. The van der Waals surface area contributed by atoms with E-state index in [2.05, 4.69) is 25.5 Å². The molecular weight excluding hydrogens is 620 g/mol. The monoisotopic (exact) mass is 644 g/mol. The third-order valence-electron chi connectivity index (χ3n) is 7.35. The number of benzene rings is 1. The quantitative estimate of drug-likeness (QED) is 0.262. The molecule has 1 fully saturated rings. The zero-order valence-electron chi connectivity index (χ0n) is 23.0. The summed E-state index contributed by atoms with van der Waals surface area (Å²) in [6, 6.07) is 5.06. The first-order valence-electron chi connectivity index (χ1n) is 13.3. The second kappa shape index (κ2) is 12.2. The van der Waals surface area contributed by atoms with Crippen LogP contribution in [0.15, 0.2) is 55.1 Å². The van der Waals surface area contributed by atoms with Gasteiger partial charge >= 0.3 is 12.1 Å². The highest BCUT2D eigenvalue weighted by Crippen LogP contribution is 2.47. The van der Waals surface area contributed by atoms with E-state index in [4.69, 9.17) is 0 Å². The predicted molar refractivity (Wildman–Crippen MR) is 140 cm³/mol. The number of pyridine rings is 2. The largest absolute Gasteiger partial charge is 0.391 e. The fourth-order valence-corrected chi connectivity index (χ4v) is 5.03. The molecule has 1 aromatic carbocycles. The summed E-state index contributed by atoms with van der Waals surface area (Å²) < 4.78 is 113. The van der Waals surface area contributed by atoms with Crippen LogP contribution in [0.4, 0.5) is 46.5 Å². The molecule has 0 bridgehead atoms. The maximum absolute atomic E-state index is 16.0. The van der Waals surface area contributed by atoms with Gasteiger partial charge in [0.25, 0.3) is 0 Å². The van der Waals surface area contributed by atoms with Gasteiger partial charge in [0.2, 0.25) is 0 Å². The van der Waals surface area contributed by atoms with E-state index in [0.29, 0.717) is 44.0 Å². The van der Waals surface area contributed by atoms with E-state index in [1.807, 2.05) is 0 Å². The van der Waals surface area contributed by atoms with E-state index >= 15 is 8.78 Å². The lowest BCUT2D eigenvalue weighted by molar-refractivity contribution is -0.207. The minimum Gasteiger partial charge on any atom is -0.386 e. The molecule has 10 nitrogen and oxygen atoms in total. The smallest absolute Gasteiger partial charge is 0.386 e. The minimum absolute atomic E-state index is 0.276. The van der Waals surface area contributed by atoms with E-state index in [-0.39, 0.29) is 5.69 Å². The Labute approximate surface area is 249 Å². The summed E-state index contributed by atoms with van der Waals surface area (Å²) in [5.74, 6) is -7.77. The van der Waals surface area contributed by atoms with Crippen LogP contribution in [0.5, 0.6) is 0 Å². The van der Waals surface area contributed by atoms with Gasteiger partial charge in [-0.15, -0.1) is 5.10 Å². The van der Waals surface area contributed by atoms with Crippen LogP contribution in [0.2, 0.25) is 0 Å². The summed E-state index contributed by atoms with van der Waals surface area (Å²) in [5.41, 5.74) is -5.13. The molecular formula is C27H24F8N8O2. The topological polar surface area (TPSA) is 116 Å². The first-order valence-corrected chi connectivity index (χ1v) is 13.3. The summed E-state index contributed by atoms with van der Waals surface area (Å²) in [4.78, 5) is 11.0. The number of hydrogen-bond acceptors (Lipinski definition) is 9. The molecule has 1 saturated heterocycles. The van der Waals surface area contributed by atoms with Crippen molar-refractivity contribution in [1.29, 1.82) is 0 Å². The van der Waals surface area contributed by atoms with Crippen molar-refractivity contribution in [2.45, 2.75) is 36.8 Å². The highest BCUT2D eigenvalue weighted by atomic mass is 19.4. The van der Waals surface area contributed by atoms with Crippen LogP contribution in [0.1, 0.15) is 29.5 Å². The van der Waals surface area contributed by atoms with Gasteiger partial charge in [-0.1, -0.05) is 0 Å². The van der Waals surface area contributed by atoms with E-state index in [9.17, 15) is 36.6 Å². The van der Waals surface area contributed by atoms with Crippen LogP contribution >= 0.6 is 0 Å². The summed E-state index contributed by atoms with van der Waals surface area (Å²) in [7, 11) is 0. The number of aliphatic hydroxyl groups is 2. The highest BCUT2D eigenvalue weighted by molar-refractivity contribution is 5.51. The van der Waals surface area contributed by atoms with Crippen LogP contribution < -0.4 is 9.80 Å². The van der Waals surface area contributed by atoms with Crippen molar-refractivity contribution in [2.24, 2.45) is 0 Å². The Bertz CT molecular complexity index is 1620. The number of anilines is 2. The lowest BCUT2D eigenvalue weighted by Gasteiger charge is -2.38. The molecule has 2 N–H and O–H groups in total. The molecule has 0 amide bonds. The van der Waals surface area contributed by atoms with Gasteiger partial charge in [0, 0.05) is 43.9 Å². The first kappa shape index (κ1) is 32.0. The van der Waals surface area contributed by atoms with Crippen molar-refractivity contribution >= 4 is 11.4 Å². The number of aliphatic hydroxyl groups excluding tert-OH is 1. The standard InChI is InChI=1S/C27H24F8N8O2/c28-16-1-3-19(20(29)9-16)25(45,14-43-15-38-39-40-43)27(34,35)23-4-2-17(12-36-23)41-5-7-42(8-6-41)18-10-21(30)24(37-13-18)22(44)11-26(31,32)33/h1-4,9-10,12-13,15,22,44-45H,5-8,11,14H2/t22?,25-/m0/s1. The van der Waals surface area contributed by atoms with E-state index in [0.717, 1.165) is 41.6 Å². The van der Waals surface area contributed by atoms with E-state index in [1.54, 1.807) is 9.80 Å². The molecule has 4 heterocycles. The zero-order valence-corrected chi connectivity index (χ0v) is 23.0. The molecule has 1 unspecified atom stereocenters. The summed E-state index contributed by atoms with van der Waals surface area (Å²) in [5, 5.41) is 31.1. The normalized spacial score (nSPS) is 16.5. The summed E-state index contributed by atoms with van der Waals surface area (Å²) in [6.45, 7) is 0.194. The molecule has 5 rings (SSSR count). The Hall–Kier alpha value is -4.45. The maximum Gasteiger partial charge on any atom is 0.391 e. The average molecular weight is 645 g/mol. The molecule has 240 valence electrons. The third kappa shape index (κ3) is 6.65. The molecule has 0 aliphatic carbocycles. The molecule has 0 radical (unpaired) electrons. The van der Waals surface area contributed by atoms with Gasteiger partial charge in [0.05, 0.1) is 36.7 Å². The summed E-state index contributed by atoms with van der Waals surface area (Å²) in [6.07, 6.45) is -5.27. The van der Waals surface area contributed by atoms with Crippen molar-refractivity contribution in [3.63, 3.8) is 0 Å². The Morgan fingerprint density at radius 3 is 2.04 bits per heavy atom. The van der Waals surface area contributed by atoms with Crippen molar-refractivity contribution < 1.29 is 45.3 Å². The predicted octanol–water partition coefficient (Wildman–Crippen LogP) is 3.87. The van der Waals surface area contributed by atoms with Gasteiger partial charge in [-0.25, -0.2) is 17.9 Å². The van der Waals surface area contributed by atoms with Gasteiger partial charge in [0.15, 0.2) is 5.60 Å². The van der Waals surface area contributed by atoms with Gasteiger partial charge in [-0.3, -0.25) is 9.97 Å². The molecule has 45 heavy (non-hydrogen) atoms. The number of hydrogen-bond donors (Lipinski definition) is 2. The average Bonchev–Trinajstić information content (AvgIpc) is 3.49. The Morgan fingerprint density at radius 1 is 0.822 bits per heavy atom. The van der Waals surface area contributed by atoms with Crippen LogP contribution in [-0.4, -0.2) is 72.7 Å². The summed E-state index contributed by atoms with van der Waals surface area (Å²) >= 11 is 0. The van der Waals surface area contributed by atoms with Crippen molar-refractivity contribution in [2.75, 3.05) is 36.0 Å². The van der Waals surface area contributed by atoms with Gasteiger partial charge in [-0.2, -0.15) is 22.0 Å². The number of rotatable bonds is 9. The lowest BCUT2D eigenvalue weighted by atomic mass is 9.84. The fourth-order valence-electron chi connectivity index (χ4n) is 5.03. The van der Waals surface area contributed by atoms with Crippen molar-refractivity contribution in [3.8, 4) is 0 Å². The lowest BCUT2D eigenvalue weighted by Crippen LogP contribution is -2.48. The number of nitrogens with zero attached hydrogens (tertiary/aromatic N) is 8. The van der Waals surface area contributed by atoms with Gasteiger partial charge in [0.1, 0.15) is 41.3 Å². The van der Waals surface area contributed by atoms with Crippen LogP contribution in [-0.2, 0) is 18.1 Å². The Kier molecular flexibility index (Phi) is 8.63.